The predicted octanol–water partition coefficient (Wildman–Crippen LogP) is 6.72. The van der Waals surface area contributed by atoms with Crippen LogP contribution in [0.4, 0.5) is 0 Å². The summed E-state index contributed by atoms with van der Waals surface area (Å²) in [5.41, 5.74) is 2.73. The van der Waals surface area contributed by atoms with Crippen LogP contribution in [0.15, 0.2) is 45.1 Å². The molecule has 1 aliphatic carbocycles. The molecular weight excluding hydrogens is 494 g/mol. The Labute approximate surface area is 228 Å². The van der Waals surface area contributed by atoms with Gasteiger partial charge in [-0.25, -0.2) is 4.79 Å². The minimum absolute atomic E-state index is 0.0599. The van der Waals surface area contributed by atoms with E-state index in [-0.39, 0.29) is 16.8 Å². The summed E-state index contributed by atoms with van der Waals surface area (Å²) in [6.45, 7) is 18.4. The normalized spacial score (nSPS) is 20.1. The lowest BCUT2D eigenvalue weighted by molar-refractivity contribution is 0.140. The number of hydrogen-bond donors (Lipinski definition) is 1. The zero-order valence-electron chi connectivity index (χ0n) is 24.2. The van der Waals surface area contributed by atoms with Crippen molar-refractivity contribution in [3.05, 3.63) is 63.2 Å². The van der Waals surface area contributed by atoms with E-state index in [0.717, 1.165) is 38.1 Å². The summed E-state index contributed by atoms with van der Waals surface area (Å²) < 4.78 is 23.6. The molecule has 1 N–H and O–H groups in total. The van der Waals surface area contributed by atoms with E-state index in [1.54, 1.807) is 6.92 Å². The average Bonchev–Trinajstić information content (AvgIpc) is 2.85. The van der Waals surface area contributed by atoms with E-state index in [4.69, 9.17) is 18.3 Å². The maximum Gasteiger partial charge on any atom is 0.346 e. The first-order valence-corrected chi connectivity index (χ1v) is 16.9. The van der Waals surface area contributed by atoms with Crippen molar-refractivity contribution in [3.8, 4) is 11.5 Å². The Kier molecular flexibility index (Phi) is 8.90. The van der Waals surface area contributed by atoms with Gasteiger partial charge in [0, 0.05) is 12.6 Å². The minimum Gasteiger partial charge on any atom is -0.491 e. The lowest BCUT2D eigenvalue weighted by Gasteiger charge is -2.37. The first kappa shape index (κ1) is 28.6. The molecule has 2 aliphatic rings. The van der Waals surface area contributed by atoms with Crippen LogP contribution >= 0.6 is 0 Å². The van der Waals surface area contributed by atoms with E-state index in [1.807, 2.05) is 24.3 Å². The van der Waals surface area contributed by atoms with Gasteiger partial charge >= 0.3 is 5.63 Å². The van der Waals surface area contributed by atoms with Crippen LogP contribution in [-0.2, 0) is 11.0 Å². The first-order valence-electron chi connectivity index (χ1n) is 14.0. The third kappa shape index (κ3) is 6.99. The lowest BCUT2D eigenvalue weighted by Crippen LogP contribution is -2.41. The molecule has 1 aromatic carbocycles. The highest BCUT2D eigenvalue weighted by Crippen LogP contribution is 2.40. The number of fused-ring (bicyclic) bond motifs is 2. The zero-order chi connectivity index (χ0) is 27.5. The van der Waals surface area contributed by atoms with Crippen LogP contribution in [-0.4, -0.2) is 34.2 Å². The van der Waals surface area contributed by atoms with Gasteiger partial charge in [-0.05, 0) is 92.0 Å². The molecule has 208 valence electrons. The molecule has 38 heavy (non-hydrogen) atoms. The molecule has 7 heteroatoms. The van der Waals surface area contributed by atoms with Crippen LogP contribution in [0.1, 0.15) is 63.8 Å². The second-order valence-corrected chi connectivity index (χ2v) is 17.3. The molecule has 0 radical (unpaired) electrons. The highest BCUT2D eigenvalue weighted by atomic mass is 28.4. The first-order chi connectivity index (χ1) is 17.9. The van der Waals surface area contributed by atoms with Gasteiger partial charge in [-0.3, -0.25) is 0 Å². The van der Waals surface area contributed by atoms with Gasteiger partial charge in [-0.2, -0.15) is 0 Å². The van der Waals surface area contributed by atoms with E-state index in [9.17, 15) is 4.79 Å². The van der Waals surface area contributed by atoms with Crippen LogP contribution in [0.2, 0.25) is 18.1 Å². The Morgan fingerprint density at radius 3 is 2.61 bits per heavy atom. The number of ether oxygens (including phenoxy) is 2. The minimum atomic E-state index is -1.73. The Balaban J connectivity index is 1.19. The molecule has 2 aromatic rings. The molecule has 1 aliphatic heterocycles. The maximum atomic E-state index is 12.2. The Morgan fingerprint density at radius 1 is 1.16 bits per heavy atom. The molecular formula is C31H45NO5Si. The topological polar surface area (TPSA) is 69.9 Å². The van der Waals surface area contributed by atoms with Crippen LogP contribution in [0.3, 0.4) is 0 Å². The maximum absolute atomic E-state index is 12.2. The van der Waals surface area contributed by atoms with Crippen molar-refractivity contribution >= 4 is 14.4 Å². The average molecular weight is 540 g/mol. The standard InChI is InChI=1S/C31H45NO5Si/c1-21(24-10-11-25-17-27-29(37-28(25)18-24)16-22(2)36-30(27)33)19-32-20-23-8-12-26(13-9-23)34-14-15-35-38(6,7)31(3,4)5/h8-9,12-13,16-17,21,24,28,32H,10-11,14-15,18-20H2,1-7H3/t21?,24-,28-/m0/s1. The van der Waals surface area contributed by atoms with E-state index in [2.05, 4.69) is 58.2 Å². The Morgan fingerprint density at radius 2 is 1.89 bits per heavy atom. The Bertz CT molecular complexity index is 1180. The zero-order valence-corrected chi connectivity index (χ0v) is 25.2. The summed E-state index contributed by atoms with van der Waals surface area (Å²) >= 11 is 0. The van der Waals surface area contributed by atoms with Crippen LogP contribution in [0, 0.1) is 18.8 Å². The summed E-state index contributed by atoms with van der Waals surface area (Å²) in [5, 5.41) is 3.85. The van der Waals surface area contributed by atoms with Gasteiger partial charge in [0.25, 0.3) is 0 Å². The number of nitrogens with one attached hydrogen (secondary N) is 1. The molecule has 0 saturated heterocycles. The van der Waals surface area contributed by atoms with Crippen molar-refractivity contribution in [2.45, 2.75) is 84.7 Å². The molecule has 1 unspecified atom stereocenters. The van der Waals surface area contributed by atoms with Gasteiger partial charge < -0.3 is 23.6 Å². The second-order valence-electron chi connectivity index (χ2n) is 12.5. The highest BCUT2D eigenvalue weighted by molar-refractivity contribution is 6.74. The van der Waals surface area contributed by atoms with Gasteiger partial charge in [-0.15, -0.1) is 0 Å². The fourth-order valence-electron chi connectivity index (χ4n) is 5.01. The van der Waals surface area contributed by atoms with Crippen molar-refractivity contribution in [2.24, 2.45) is 11.8 Å². The number of aryl methyl sites for hydroxylation is 1. The molecule has 6 nitrogen and oxygen atoms in total. The van der Waals surface area contributed by atoms with Gasteiger partial charge in [-0.1, -0.05) is 39.8 Å². The molecule has 0 spiro atoms. The number of benzene rings is 1. The van der Waals surface area contributed by atoms with Crippen LogP contribution in [0.25, 0.3) is 6.08 Å². The van der Waals surface area contributed by atoms with Crippen molar-refractivity contribution in [2.75, 3.05) is 19.8 Å². The van der Waals surface area contributed by atoms with Crippen molar-refractivity contribution in [1.82, 2.24) is 5.32 Å². The summed E-state index contributed by atoms with van der Waals surface area (Å²) in [5.74, 6) is 3.25. The van der Waals surface area contributed by atoms with Crippen LogP contribution in [0.5, 0.6) is 11.5 Å². The van der Waals surface area contributed by atoms with Gasteiger partial charge in [0.05, 0.1) is 6.61 Å². The molecule has 3 atom stereocenters. The molecule has 2 heterocycles. The molecule has 1 fully saturated rings. The fraction of sp³-hybridized carbons (Fsp3) is 0.581. The van der Waals surface area contributed by atoms with Crippen molar-refractivity contribution < 1.29 is 18.3 Å². The predicted molar refractivity (Wildman–Crippen MR) is 155 cm³/mol. The summed E-state index contributed by atoms with van der Waals surface area (Å²) in [6.07, 6.45) is 5.13. The van der Waals surface area contributed by atoms with E-state index in [0.29, 0.717) is 42.1 Å². The highest BCUT2D eigenvalue weighted by Gasteiger charge is 2.37. The van der Waals surface area contributed by atoms with E-state index >= 15 is 0 Å². The number of rotatable bonds is 10. The molecule has 0 bridgehead atoms. The second kappa shape index (κ2) is 11.8. The van der Waals surface area contributed by atoms with Crippen molar-refractivity contribution in [1.29, 1.82) is 0 Å². The molecule has 0 amide bonds. The van der Waals surface area contributed by atoms with Crippen molar-refractivity contribution in [3.63, 3.8) is 0 Å². The van der Waals surface area contributed by atoms with E-state index < -0.39 is 8.32 Å². The Hall–Kier alpha value is -2.35. The summed E-state index contributed by atoms with van der Waals surface area (Å²) in [4.78, 5) is 12.2. The molecule has 1 aromatic heterocycles. The fourth-order valence-corrected chi connectivity index (χ4v) is 6.04. The van der Waals surface area contributed by atoms with Crippen LogP contribution < -0.4 is 20.4 Å². The SMILES string of the molecule is Cc1cc2c(c(=O)o1)C=C1CC[C@H](C(C)CNCc3ccc(OCCO[Si](C)(C)C(C)(C)C)cc3)C[C@@H]1O2. The van der Waals surface area contributed by atoms with Gasteiger partial charge in [0.15, 0.2) is 8.32 Å². The number of hydrogen-bond acceptors (Lipinski definition) is 6. The van der Waals surface area contributed by atoms with Gasteiger partial charge in [0.1, 0.15) is 35.5 Å². The quantitative estimate of drug-likeness (QED) is 0.267. The third-order valence-corrected chi connectivity index (χ3v) is 13.1. The summed E-state index contributed by atoms with van der Waals surface area (Å²) in [7, 11) is -1.73. The van der Waals surface area contributed by atoms with E-state index in [1.165, 1.54) is 11.1 Å². The largest absolute Gasteiger partial charge is 0.491 e. The molecule has 1 saturated carbocycles. The lowest BCUT2D eigenvalue weighted by atomic mass is 9.76. The summed E-state index contributed by atoms with van der Waals surface area (Å²) in [6, 6.07) is 10.2. The van der Waals surface area contributed by atoms with Gasteiger partial charge in [0.2, 0.25) is 0 Å². The third-order valence-electron chi connectivity index (χ3n) is 8.55. The monoisotopic (exact) mass is 539 g/mol. The smallest absolute Gasteiger partial charge is 0.346 e. The molecule has 4 rings (SSSR count).